The maximum Gasteiger partial charge on any atom is 0.163 e. The van der Waals surface area contributed by atoms with Crippen LogP contribution >= 0.6 is 23.2 Å². The molecule has 1 N–H and O–H groups in total. The molecule has 3 nitrogen and oxygen atoms in total. The molecule has 0 saturated heterocycles. The van der Waals surface area contributed by atoms with Gasteiger partial charge < -0.3 is 14.8 Å². The van der Waals surface area contributed by atoms with E-state index in [1.165, 1.54) is 10.8 Å². The lowest BCUT2D eigenvalue weighted by Crippen LogP contribution is -2.04. The van der Waals surface area contributed by atoms with Crippen LogP contribution in [-0.2, 0) is 13.2 Å². The number of halogens is 2. The predicted molar refractivity (Wildman–Crippen MR) is 130 cm³/mol. The second kappa shape index (κ2) is 9.95. The first kappa shape index (κ1) is 21.4. The number of fused-ring (bicyclic) bond motifs is 1. The lowest BCUT2D eigenvalue weighted by molar-refractivity contribution is 0.269. The average Bonchev–Trinajstić information content (AvgIpc) is 2.79. The zero-order valence-electron chi connectivity index (χ0n) is 17.2. The summed E-state index contributed by atoms with van der Waals surface area (Å²) in [4.78, 5) is 0. The van der Waals surface area contributed by atoms with Crippen molar-refractivity contribution in [2.75, 3.05) is 11.9 Å². The van der Waals surface area contributed by atoms with Crippen LogP contribution in [-0.4, -0.2) is 6.61 Å². The van der Waals surface area contributed by atoms with Crippen molar-refractivity contribution in [3.63, 3.8) is 0 Å². The van der Waals surface area contributed by atoms with Gasteiger partial charge in [-0.15, -0.1) is 0 Å². The van der Waals surface area contributed by atoms with Crippen molar-refractivity contribution in [3.8, 4) is 11.5 Å². The van der Waals surface area contributed by atoms with Gasteiger partial charge in [-0.2, -0.15) is 0 Å². The van der Waals surface area contributed by atoms with Gasteiger partial charge in [-0.25, -0.2) is 0 Å². The molecule has 0 heterocycles. The molecule has 0 aromatic heterocycles. The molecule has 4 aromatic rings. The molecular formula is C26H23Cl2NO2. The SMILES string of the molecule is CCOc1cc(CNc2cccc3ccccc23)c(Cl)cc1OCc1ccc(Cl)cc1. The third kappa shape index (κ3) is 5.25. The summed E-state index contributed by atoms with van der Waals surface area (Å²) in [6, 6.07) is 25.9. The van der Waals surface area contributed by atoms with E-state index in [0.717, 1.165) is 16.8 Å². The predicted octanol–water partition coefficient (Wildman–Crippen LogP) is 7.74. The van der Waals surface area contributed by atoms with Crippen molar-refractivity contribution >= 4 is 39.7 Å². The second-order valence-corrected chi connectivity index (χ2v) is 7.96. The van der Waals surface area contributed by atoms with Crippen molar-refractivity contribution in [1.29, 1.82) is 0 Å². The summed E-state index contributed by atoms with van der Waals surface area (Å²) in [5.41, 5.74) is 3.02. The molecule has 0 spiro atoms. The van der Waals surface area contributed by atoms with Crippen LogP contribution in [0.3, 0.4) is 0 Å². The van der Waals surface area contributed by atoms with Crippen molar-refractivity contribution in [2.24, 2.45) is 0 Å². The number of ether oxygens (including phenoxy) is 2. The highest BCUT2D eigenvalue weighted by atomic mass is 35.5. The van der Waals surface area contributed by atoms with E-state index in [2.05, 4.69) is 29.6 Å². The zero-order valence-corrected chi connectivity index (χ0v) is 18.7. The molecule has 0 saturated carbocycles. The van der Waals surface area contributed by atoms with Crippen LogP contribution < -0.4 is 14.8 Å². The molecule has 31 heavy (non-hydrogen) atoms. The summed E-state index contributed by atoms with van der Waals surface area (Å²) in [5, 5.41) is 7.20. The van der Waals surface area contributed by atoms with Crippen LogP contribution in [0.4, 0.5) is 5.69 Å². The number of rotatable bonds is 8. The summed E-state index contributed by atoms with van der Waals surface area (Å²) >= 11 is 12.6. The molecule has 0 unspecified atom stereocenters. The standard InChI is InChI=1S/C26H23Cl2NO2/c1-2-30-25-14-20(16-29-24-9-5-7-19-6-3-4-8-22(19)24)23(28)15-26(25)31-17-18-10-12-21(27)13-11-18/h3-15,29H,2,16-17H2,1H3. The number of hydrogen-bond acceptors (Lipinski definition) is 3. The molecule has 0 radical (unpaired) electrons. The Labute approximate surface area is 192 Å². The highest BCUT2D eigenvalue weighted by molar-refractivity contribution is 6.31. The third-order valence-electron chi connectivity index (χ3n) is 4.98. The van der Waals surface area contributed by atoms with Crippen molar-refractivity contribution in [3.05, 3.63) is 100 Å². The number of hydrogen-bond donors (Lipinski definition) is 1. The van der Waals surface area contributed by atoms with Gasteiger partial charge in [0.1, 0.15) is 6.61 Å². The molecule has 5 heteroatoms. The normalized spacial score (nSPS) is 10.8. The Morgan fingerprint density at radius 3 is 2.35 bits per heavy atom. The van der Waals surface area contributed by atoms with Gasteiger partial charge in [0.05, 0.1) is 6.61 Å². The van der Waals surface area contributed by atoms with Crippen molar-refractivity contribution < 1.29 is 9.47 Å². The minimum absolute atomic E-state index is 0.404. The van der Waals surface area contributed by atoms with Gasteiger partial charge in [0.25, 0.3) is 0 Å². The largest absolute Gasteiger partial charge is 0.490 e. The smallest absolute Gasteiger partial charge is 0.163 e. The Morgan fingerprint density at radius 1 is 0.806 bits per heavy atom. The van der Waals surface area contributed by atoms with E-state index in [1.54, 1.807) is 0 Å². The van der Waals surface area contributed by atoms with E-state index in [0.29, 0.717) is 41.3 Å². The quantitative estimate of drug-likeness (QED) is 0.297. The van der Waals surface area contributed by atoms with Crippen LogP contribution in [0, 0.1) is 0 Å². The monoisotopic (exact) mass is 451 g/mol. The molecule has 0 aliphatic heterocycles. The van der Waals surface area contributed by atoms with Gasteiger partial charge in [-0.05, 0) is 47.7 Å². The van der Waals surface area contributed by atoms with Crippen molar-refractivity contribution in [1.82, 2.24) is 0 Å². The summed E-state index contributed by atoms with van der Waals surface area (Å²) in [5.74, 6) is 1.30. The van der Waals surface area contributed by atoms with Crippen LogP contribution in [0.1, 0.15) is 18.1 Å². The molecule has 158 valence electrons. The Hall–Kier alpha value is -2.88. The zero-order chi connectivity index (χ0) is 21.6. The topological polar surface area (TPSA) is 30.5 Å². The molecule has 0 aliphatic carbocycles. The highest BCUT2D eigenvalue weighted by Crippen LogP contribution is 2.35. The molecule has 0 bridgehead atoms. The fourth-order valence-corrected chi connectivity index (χ4v) is 3.75. The van der Waals surface area contributed by atoms with E-state index in [1.807, 2.05) is 61.5 Å². The molecule has 0 fully saturated rings. The number of anilines is 1. The molecule has 0 amide bonds. The van der Waals surface area contributed by atoms with Gasteiger partial charge in [0.2, 0.25) is 0 Å². The van der Waals surface area contributed by atoms with E-state index >= 15 is 0 Å². The minimum atomic E-state index is 0.404. The number of benzene rings is 4. The summed E-state index contributed by atoms with van der Waals surface area (Å²) in [6.45, 7) is 3.46. The van der Waals surface area contributed by atoms with Gasteiger partial charge in [0.15, 0.2) is 11.5 Å². The fourth-order valence-electron chi connectivity index (χ4n) is 3.41. The first-order valence-electron chi connectivity index (χ1n) is 10.2. The maximum absolute atomic E-state index is 6.60. The highest BCUT2D eigenvalue weighted by Gasteiger charge is 2.12. The van der Waals surface area contributed by atoms with Crippen LogP contribution in [0.2, 0.25) is 10.0 Å². The molecular weight excluding hydrogens is 429 g/mol. The van der Waals surface area contributed by atoms with Gasteiger partial charge in [0, 0.05) is 33.7 Å². The lowest BCUT2D eigenvalue weighted by atomic mass is 10.1. The van der Waals surface area contributed by atoms with Crippen molar-refractivity contribution in [2.45, 2.75) is 20.1 Å². The molecule has 0 aliphatic rings. The van der Waals surface area contributed by atoms with Crippen LogP contribution in [0.5, 0.6) is 11.5 Å². The summed E-state index contributed by atoms with van der Waals surface area (Å²) in [6.07, 6.45) is 0. The Morgan fingerprint density at radius 2 is 1.55 bits per heavy atom. The van der Waals surface area contributed by atoms with E-state index in [9.17, 15) is 0 Å². The summed E-state index contributed by atoms with van der Waals surface area (Å²) in [7, 11) is 0. The van der Waals surface area contributed by atoms with Gasteiger partial charge in [-0.1, -0.05) is 71.7 Å². The molecule has 4 aromatic carbocycles. The van der Waals surface area contributed by atoms with Crippen LogP contribution in [0.25, 0.3) is 10.8 Å². The first-order chi connectivity index (χ1) is 15.1. The Balaban J connectivity index is 1.52. The van der Waals surface area contributed by atoms with Crippen LogP contribution in [0.15, 0.2) is 78.9 Å². The Bertz CT molecular complexity index is 1170. The molecule has 0 atom stereocenters. The summed E-state index contributed by atoms with van der Waals surface area (Å²) < 4.78 is 11.8. The fraction of sp³-hybridized carbons (Fsp3) is 0.154. The number of nitrogens with one attached hydrogen (secondary N) is 1. The first-order valence-corrected chi connectivity index (χ1v) is 10.9. The Kier molecular flexibility index (Phi) is 6.86. The second-order valence-electron chi connectivity index (χ2n) is 7.12. The van der Waals surface area contributed by atoms with E-state index in [-0.39, 0.29) is 0 Å². The van der Waals surface area contributed by atoms with E-state index in [4.69, 9.17) is 32.7 Å². The molecule has 4 rings (SSSR count). The maximum atomic E-state index is 6.60. The van der Waals surface area contributed by atoms with Gasteiger partial charge in [-0.3, -0.25) is 0 Å². The van der Waals surface area contributed by atoms with Gasteiger partial charge >= 0.3 is 0 Å². The minimum Gasteiger partial charge on any atom is -0.490 e. The average molecular weight is 452 g/mol. The third-order valence-corrected chi connectivity index (χ3v) is 5.58. The lowest BCUT2D eigenvalue weighted by Gasteiger charge is -2.16. The van der Waals surface area contributed by atoms with E-state index < -0.39 is 0 Å².